The van der Waals surface area contributed by atoms with Crippen molar-refractivity contribution in [2.45, 2.75) is 13.5 Å². The van der Waals surface area contributed by atoms with Crippen LogP contribution in [0, 0.1) is 0 Å². The van der Waals surface area contributed by atoms with Gasteiger partial charge in [0, 0.05) is 0 Å². The molecule has 28 heavy (non-hydrogen) atoms. The first-order valence-electron chi connectivity index (χ1n) is 8.83. The Morgan fingerprint density at radius 1 is 1.11 bits per heavy atom. The van der Waals surface area contributed by atoms with Gasteiger partial charge in [-0.15, -0.1) is 5.10 Å². The van der Waals surface area contributed by atoms with Crippen molar-refractivity contribution in [1.82, 2.24) is 20.4 Å². The highest BCUT2D eigenvalue weighted by atomic mass is 16.5. The number of methoxy groups -OCH3 is 1. The van der Waals surface area contributed by atoms with E-state index in [1.165, 1.54) is 0 Å². The molecule has 140 valence electrons. The van der Waals surface area contributed by atoms with E-state index in [9.17, 15) is 4.79 Å². The second-order valence-electron chi connectivity index (χ2n) is 6.40. The Bertz CT molecular complexity index is 1200. The van der Waals surface area contributed by atoms with E-state index in [2.05, 4.69) is 20.8 Å². The van der Waals surface area contributed by atoms with Crippen LogP contribution in [0.4, 0.5) is 0 Å². The molecule has 0 aliphatic heterocycles. The highest BCUT2D eigenvalue weighted by Gasteiger charge is 2.08. The number of nitrogens with one attached hydrogen (secondary N) is 1. The van der Waals surface area contributed by atoms with E-state index in [1.54, 1.807) is 11.8 Å². The molecule has 1 heterocycles. The van der Waals surface area contributed by atoms with Crippen molar-refractivity contribution in [3.8, 4) is 5.75 Å². The lowest BCUT2D eigenvalue weighted by molar-refractivity contribution is -0.121. The highest BCUT2D eigenvalue weighted by Crippen LogP contribution is 2.22. The third-order valence-electron chi connectivity index (χ3n) is 4.53. The molecule has 0 bridgehead atoms. The van der Waals surface area contributed by atoms with E-state index in [0.717, 1.165) is 38.8 Å². The molecule has 0 spiro atoms. The van der Waals surface area contributed by atoms with Crippen molar-refractivity contribution in [2.24, 2.45) is 5.10 Å². The molecule has 0 atom stereocenters. The van der Waals surface area contributed by atoms with Crippen molar-refractivity contribution < 1.29 is 9.53 Å². The van der Waals surface area contributed by atoms with Gasteiger partial charge in [0.2, 0.25) is 0 Å². The largest absolute Gasteiger partial charge is 0.497 e. The number of hydrazone groups is 1. The number of fused-ring (bicyclic) bond motifs is 2. The Hall–Kier alpha value is -3.74. The van der Waals surface area contributed by atoms with Gasteiger partial charge in [0.25, 0.3) is 5.91 Å². The van der Waals surface area contributed by atoms with E-state index >= 15 is 0 Å². The molecule has 7 nitrogen and oxygen atoms in total. The van der Waals surface area contributed by atoms with Crippen LogP contribution in [-0.2, 0) is 11.3 Å². The number of amides is 1. The Labute approximate surface area is 161 Å². The molecule has 4 rings (SSSR count). The molecule has 3 aromatic carbocycles. The first-order chi connectivity index (χ1) is 13.6. The zero-order chi connectivity index (χ0) is 19.5. The van der Waals surface area contributed by atoms with E-state index in [4.69, 9.17) is 4.74 Å². The number of carbonyl (C=O) groups is 1. The number of rotatable bonds is 5. The minimum atomic E-state index is -0.263. The quantitative estimate of drug-likeness (QED) is 0.430. The number of nitrogens with zero attached hydrogens (tertiary/aromatic N) is 4. The molecule has 4 aromatic rings. The smallest absolute Gasteiger partial charge is 0.261 e. The number of para-hydroxylation sites is 1. The van der Waals surface area contributed by atoms with Crippen LogP contribution < -0.4 is 10.2 Å². The number of hydrogen-bond acceptors (Lipinski definition) is 5. The first kappa shape index (κ1) is 17.7. The van der Waals surface area contributed by atoms with Crippen molar-refractivity contribution in [3.05, 3.63) is 66.2 Å². The molecule has 0 radical (unpaired) electrons. The predicted octanol–water partition coefficient (Wildman–Crippen LogP) is 3.13. The molecule has 0 fully saturated rings. The van der Waals surface area contributed by atoms with Crippen molar-refractivity contribution in [3.63, 3.8) is 0 Å². The fraction of sp³-hybridized carbons (Fsp3) is 0.143. The Kier molecular flexibility index (Phi) is 4.72. The van der Waals surface area contributed by atoms with Crippen LogP contribution in [0.5, 0.6) is 5.75 Å². The summed E-state index contributed by atoms with van der Waals surface area (Å²) in [7, 11) is 1.65. The second-order valence-corrected chi connectivity index (χ2v) is 6.40. The van der Waals surface area contributed by atoms with Crippen molar-refractivity contribution in [2.75, 3.05) is 7.11 Å². The summed E-state index contributed by atoms with van der Waals surface area (Å²) in [6, 6.07) is 19.4. The predicted molar refractivity (Wildman–Crippen MR) is 108 cm³/mol. The lowest BCUT2D eigenvalue weighted by atomic mass is 10.0. The summed E-state index contributed by atoms with van der Waals surface area (Å²) < 4.78 is 6.81. The number of hydrogen-bond donors (Lipinski definition) is 1. The standard InChI is InChI=1S/C21H19N5O2/c1-14(15-7-8-17-12-18(28-2)10-9-16(17)11-15)22-24-21(27)13-26-20-6-4-3-5-19(20)23-25-26/h3-12H,13H2,1-2H3,(H,24,27)/b22-14-. The Balaban J connectivity index is 1.47. The fourth-order valence-corrected chi connectivity index (χ4v) is 2.99. The van der Waals surface area contributed by atoms with Gasteiger partial charge in [-0.1, -0.05) is 35.5 Å². The van der Waals surface area contributed by atoms with Gasteiger partial charge in [-0.25, -0.2) is 10.1 Å². The molecule has 0 aliphatic carbocycles. The van der Waals surface area contributed by atoms with E-state index in [-0.39, 0.29) is 12.5 Å². The normalized spacial score (nSPS) is 11.7. The maximum Gasteiger partial charge on any atom is 0.261 e. The Morgan fingerprint density at radius 2 is 1.89 bits per heavy atom. The summed E-state index contributed by atoms with van der Waals surface area (Å²) in [5.74, 6) is 0.555. The van der Waals surface area contributed by atoms with E-state index < -0.39 is 0 Å². The molecular weight excluding hydrogens is 354 g/mol. The van der Waals surface area contributed by atoms with Crippen molar-refractivity contribution >= 4 is 33.4 Å². The summed E-state index contributed by atoms with van der Waals surface area (Å²) in [6.45, 7) is 1.91. The summed E-state index contributed by atoms with van der Waals surface area (Å²) in [5.41, 5.74) is 5.80. The average molecular weight is 373 g/mol. The molecule has 0 unspecified atom stereocenters. The summed E-state index contributed by atoms with van der Waals surface area (Å²) in [6.07, 6.45) is 0. The van der Waals surface area contributed by atoms with Gasteiger partial charge < -0.3 is 4.74 Å². The zero-order valence-corrected chi connectivity index (χ0v) is 15.6. The van der Waals surface area contributed by atoms with Gasteiger partial charge in [0.1, 0.15) is 17.8 Å². The third kappa shape index (κ3) is 3.55. The van der Waals surface area contributed by atoms with Gasteiger partial charge in [0.05, 0.1) is 18.3 Å². The number of aromatic nitrogens is 3. The molecule has 1 amide bonds. The van der Waals surface area contributed by atoms with Gasteiger partial charge in [0.15, 0.2) is 0 Å². The minimum absolute atomic E-state index is 0.0504. The monoisotopic (exact) mass is 373 g/mol. The van der Waals surface area contributed by atoms with E-state index in [1.807, 2.05) is 67.6 Å². The lowest BCUT2D eigenvalue weighted by Gasteiger charge is -2.06. The first-order valence-corrected chi connectivity index (χ1v) is 8.83. The number of carbonyl (C=O) groups excluding carboxylic acids is 1. The highest BCUT2D eigenvalue weighted by molar-refractivity contribution is 6.02. The maximum atomic E-state index is 12.3. The zero-order valence-electron chi connectivity index (χ0n) is 15.6. The van der Waals surface area contributed by atoms with Crippen LogP contribution in [0.2, 0.25) is 0 Å². The van der Waals surface area contributed by atoms with Crippen molar-refractivity contribution in [1.29, 1.82) is 0 Å². The van der Waals surface area contributed by atoms with Crippen LogP contribution in [0.3, 0.4) is 0 Å². The van der Waals surface area contributed by atoms with Gasteiger partial charge in [-0.3, -0.25) is 4.79 Å². The van der Waals surface area contributed by atoms with Crippen LogP contribution >= 0.6 is 0 Å². The second kappa shape index (κ2) is 7.48. The fourth-order valence-electron chi connectivity index (χ4n) is 2.99. The maximum absolute atomic E-state index is 12.3. The van der Waals surface area contributed by atoms with E-state index in [0.29, 0.717) is 0 Å². The minimum Gasteiger partial charge on any atom is -0.497 e. The molecule has 0 saturated heterocycles. The summed E-state index contributed by atoms with van der Waals surface area (Å²) in [5, 5.41) is 14.4. The molecule has 1 N–H and O–H groups in total. The van der Waals surface area contributed by atoms with Crippen LogP contribution in [-0.4, -0.2) is 33.7 Å². The SMILES string of the molecule is COc1ccc2cc(/C(C)=N\NC(=O)Cn3nnc4ccccc43)ccc2c1. The van der Waals surface area contributed by atoms with Crippen LogP contribution in [0.25, 0.3) is 21.8 Å². The number of benzene rings is 3. The molecule has 1 aromatic heterocycles. The number of ether oxygens (including phenoxy) is 1. The molecule has 0 aliphatic rings. The average Bonchev–Trinajstić information content (AvgIpc) is 3.14. The molecule has 7 heteroatoms. The Morgan fingerprint density at radius 3 is 2.75 bits per heavy atom. The van der Waals surface area contributed by atoms with Gasteiger partial charge in [-0.05, 0) is 53.6 Å². The molecular formula is C21H19N5O2. The topological polar surface area (TPSA) is 81.4 Å². The summed E-state index contributed by atoms with van der Waals surface area (Å²) >= 11 is 0. The summed E-state index contributed by atoms with van der Waals surface area (Å²) in [4.78, 5) is 12.3. The van der Waals surface area contributed by atoms with Crippen LogP contribution in [0.15, 0.2) is 65.8 Å². The lowest BCUT2D eigenvalue weighted by Crippen LogP contribution is -2.24. The van der Waals surface area contributed by atoms with Gasteiger partial charge in [-0.2, -0.15) is 5.10 Å². The molecule has 0 saturated carbocycles. The van der Waals surface area contributed by atoms with Crippen LogP contribution in [0.1, 0.15) is 12.5 Å². The third-order valence-corrected chi connectivity index (χ3v) is 4.53. The van der Waals surface area contributed by atoms with Gasteiger partial charge >= 0.3 is 0 Å².